The molecule has 3 saturated heterocycles. The molecule has 1 unspecified atom stereocenters. The lowest BCUT2D eigenvalue weighted by atomic mass is 10.00. The van der Waals surface area contributed by atoms with Crippen LogP contribution in [-0.4, -0.2) is 77.9 Å². The molecule has 0 radical (unpaired) electrons. The third-order valence-electron chi connectivity index (χ3n) is 7.57. The fourth-order valence-electron chi connectivity index (χ4n) is 5.86. The fourth-order valence-corrected chi connectivity index (χ4v) is 6.16. The lowest BCUT2D eigenvalue weighted by Gasteiger charge is -2.42. The molecule has 6 nitrogen and oxygen atoms in total. The zero-order chi connectivity index (χ0) is 24.7. The van der Waals surface area contributed by atoms with Crippen LogP contribution >= 0.6 is 48.0 Å². The van der Waals surface area contributed by atoms with Crippen molar-refractivity contribution in [2.75, 3.05) is 39.3 Å². The van der Waals surface area contributed by atoms with Gasteiger partial charge in [0.2, 0.25) is 5.91 Å². The summed E-state index contributed by atoms with van der Waals surface area (Å²) in [6.45, 7) is 8.24. The van der Waals surface area contributed by atoms with Crippen molar-refractivity contribution >= 4 is 59.8 Å². The van der Waals surface area contributed by atoms with E-state index in [-0.39, 0.29) is 42.7 Å². The van der Waals surface area contributed by atoms with Crippen LogP contribution in [0.3, 0.4) is 0 Å². The summed E-state index contributed by atoms with van der Waals surface area (Å²) in [4.78, 5) is 33.1. The maximum absolute atomic E-state index is 13.5. The molecule has 37 heavy (non-hydrogen) atoms. The van der Waals surface area contributed by atoms with E-state index in [9.17, 15) is 9.59 Å². The van der Waals surface area contributed by atoms with Crippen molar-refractivity contribution in [3.8, 4) is 0 Å². The van der Waals surface area contributed by atoms with Gasteiger partial charge in [0, 0.05) is 63.3 Å². The maximum atomic E-state index is 13.5. The van der Waals surface area contributed by atoms with E-state index in [1.165, 1.54) is 6.42 Å². The Hall–Kier alpha value is -1.54. The van der Waals surface area contributed by atoms with E-state index in [1.54, 1.807) is 6.07 Å². The first-order valence-corrected chi connectivity index (χ1v) is 13.1. The first-order chi connectivity index (χ1) is 16.8. The van der Waals surface area contributed by atoms with Crippen LogP contribution in [0.5, 0.6) is 0 Å². The standard InChI is InChI=1S/C27H32Cl2N4O2.2ClH/c1-17-9-18(2)11-20(10-17)27(35)32-7-8-33(25(16-32)19-3-4-23(28)24(29)12-19)26(34)5-6-31-15-21-13-22(31)14-30-21;;/h3-4,9-12,21-22,25,30H,5-8,13-16H2,1-2H3;2*1H/t21-,22-,25?;;/m0../s1. The average molecular weight is 588 g/mol. The number of benzene rings is 2. The first-order valence-electron chi connectivity index (χ1n) is 12.4. The number of aryl methyl sites for hydroxylation is 2. The molecular weight excluding hydrogens is 554 g/mol. The van der Waals surface area contributed by atoms with Gasteiger partial charge in [-0.15, -0.1) is 24.8 Å². The third-order valence-corrected chi connectivity index (χ3v) is 8.31. The highest BCUT2D eigenvalue weighted by atomic mass is 35.5. The second-order valence-corrected chi connectivity index (χ2v) is 11.0. The quantitative estimate of drug-likeness (QED) is 0.540. The number of nitrogens with one attached hydrogen (secondary N) is 1. The van der Waals surface area contributed by atoms with E-state index in [4.69, 9.17) is 23.2 Å². The molecule has 5 rings (SSSR count). The minimum atomic E-state index is -0.266. The summed E-state index contributed by atoms with van der Waals surface area (Å²) in [6, 6.07) is 12.3. The van der Waals surface area contributed by atoms with Gasteiger partial charge in [-0.2, -0.15) is 0 Å². The minimum absolute atomic E-state index is 0. The van der Waals surface area contributed by atoms with Gasteiger partial charge in [0.15, 0.2) is 0 Å². The molecule has 0 aliphatic carbocycles. The van der Waals surface area contributed by atoms with Crippen LogP contribution in [0.2, 0.25) is 10.0 Å². The second-order valence-electron chi connectivity index (χ2n) is 10.1. The number of carbonyl (C=O) groups excluding carboxylic acids is 2. The normalized spacial score (nSPS) is 23.0. The molecule has 3 heterocycles. The Labute approximate surface area is 241 Å². The number of hydrogen-bond donors (Lipinski definition) is 1. The van der Waals surface area contributed by atoms with Crippen LogP contribution in [0.4, 0.5) is 0 Å². The molecule has 202 valence electrons. The van der Waals surface area contributed by atoms with Gasteiger partial charge in [0.05, 0.1) is 16.1 Å². The summed E-state index contributed by atoms with van der Waals surface area (Å²) < 4.78 is 0. The van der Waals surface area contributed by atoms with E-state index < -0.39 is 0 Å². The molecule has 2 amide bonds. The molecule has 3 aliphatic rings. The van der Waals surface area contributed by atoms with Crippen LogP contribution in [-0.2, 0) is 4.79 Å². The fraction of sp³-hybridized carbons (Fsp3) is 0.481. The van der Waals surface area contributed by atoms with Gasteiger partial charge < -0.3 is 15.1 Å². The summed E-state index contributed by atoms with van der Waals surface area (Å²) in [6.07, 6.45) is 1.66. The number of likely N-dealkylation sites (tertiary alicyclic amines) is 1. The van der Waals surface area contributed by atoms with Crippen molar-refractivity contribution in [3.63, 3.8) is 0 Å². The zero-order valence-corrected chi connectivity index (χ0v) is 24.2. The Morgan fingerprint density at radius 1 is 0.973 bits per heavy atom. The number of rotatable bonds is 5. The summed E-state index contributed by atoms with van der Waals surface area (Å²) >= 11 is 12.5. The highest BCUT2D eigenvalue weighted by molar-refractivity contribution is 6.42. The molecule has 2 bridgehead atoms. The lowest BCUT2D eigenvalue weighted by molar-refractivity contribution is -0.136. The van der Waals surface area contributed by atoms with Crippen molar-refractivity contribution in [3.05, 3.63) is 68.7 Å². The van der Waals surface area contributed by atoms with Crippen molar-refractivity contribution in [2.24, 2.45) is 0 Å². The molecule has 1 N–H and O–H groups in total. The predicted molar refractivity (Wildman–Crippen MR) is 154 cm³/mol. The summed E-state index contributed by atoms with van der Waals surface area (Å²) in [5.41, 5.74) is 3.71. The van der Waals surface area contributed by atoms with Crippen molar-refractivity contribution in [1.82, 2.24) is 20.0 Å². The van der Waals surface area contributed by atoms with Gasteiger partial charge in [-0.3, -0.25) is 14.5 Å². The zero-order valence-electron chi connectivity index (χ0n) is 21.1. The van der Waals surface area contributed by atoms with Crippen LogP contribution in [0.1, 0.15) is 45.9 Å². The van der Waals surface area contributed by atoms with Crippen molar-refractivity contribution in [1.29, 1.82) is 0 Å². The van der Waals surface area contributed by atoms with Gasteiger partial charge >= 0.3 is 0 Å². The maximum Gasteiger partial charge on any atom is 0.254 e. The van der Waals surface area contributed by atoms with E-state index >= 15 is 0 Å². The molecule has 2 aromatic rings. The van der Waals surface area contributed by atoms with E-state index in [0.29, 0.717) is 53.7 Å². The Kier molecular flexibility index (Phi) is 10.2. The summed E-state index contributed by atoms with van der Waals surface area (Å²) in [5.74, 6) is 0.116. The van der Waals surface area contributed by atoms with Crippen molar-refractivity contribution in [2.45, 2.75) is 44.8 Å². The Bertz CT molecular complexity index is 1130. The van der Waals surface area contributed by atoms with Gasteiger partial charge in [0.1, 0.15) is 0 Å². The van der Waals surface area contributed by atoms with Crippen LogP contribution < -0.4 is 5.32 Å². The molecule has 3 atom stereocenters. The number of hydrogen-bond acceptors (Lipinski definition) is 4. The highest BCUT2D eigenvalue weighted by Gasteiger charge is 2.38. The number of fused-ring (bicyclic) bond motifs is 2. The topological polar surface area (TPSA) is 55.9 Å². The van der Waals surface area contributed by atoms with Crippen LogP contribution in [0.15, 0.2) is 36.4 Å². The summed E-state index contributed by atoms with van der Waals surface area (Å²) in [5, 5.41) is 4.44. The molecule has 0 saturated carbocycles. The smallest absolute Gasteiger partial charge is 0.254 e. The van der Waals surface area contributed by atoms with Gasteiger partial charge in [-0.25, -0.2) is 0 Å². The summed E-state index contributed by atoms with van der Waals surface area (Å²) in [7, 11) is 0. The predicted octanol–water partition coefficient (Wildman–Crippen LogP) is 4.92. The second kappa shape index (κ2) is 12.5. The monoisotopic (exact) mass is 586 g/mol. The van der Waals surface area contributed by atoms with Gasteiger partial charge in [-0.05, 0) is 50.1 Å². The highest BCUT2D eigenvalue weighted by Crippen LogP contribution is 2.32. The third kappa shape index (κ3) is 6.55. The molecule has 3 fully saturated rings. The number of halogens is 4. The molecule has 0 spiro atoms. The van der Waals surface area contributed by atoms with Crippen LogP contribution in [0, 0.1) is 13.8 Å². The Morgan fingerprint density at radius 2 is 1.70 bits per heavy atom. The molecule has 3 aliphatic heterocycles. The minimum Gasteiger partial charge on any atom is -0.334 e. The number of nitrogens with zero attached hydrogens (tertiary/aromatic N) is 3. The molecule has 10 heteroatoms. The average Bonchev–Trinajstić information content (AvgIpc) is 3.46. The lowest BCUT2D eigenvalue weighted by Crippen LogP contribution is -2.53. The number of amides is 2. The van der Waals surface area contributed by atoms with Gasteiger partial charge in [0.25, 0.3) is 5.91 Å². The van der Waals surface area contributed by atoms with E-state index in [0.717, 1.165) is 36.3 Å². The van der Waals surface area contributed by atoms with Gasteiger partial charge in [-0.1, -0.05) is 46.5 Å². The van der Waals surface area contributed by atoms with E-state index in [1.807, 2.05) is 47.9 Å². The number of carbonyl (C=O) groups is 2. The molecular formula is C27H34Cl4N4O2. The largest absolute Gasteiger partial charge is 0.334 e. The SMILES string of the molecule is Cc1cc(C)cc(C(=O)N2CCN(C(=O)CCN3C[C@@H]4C[C@H]3CN4)C(c3ccc(Cl)c(Cl)c3)C2)c1.Cl.Cl. The Balaban J connectivity index is 0.00000190. The Morgan fingerprint density at radius 3 is 2.32 bits per heavy atom. The van der Waals surface area contributed by atoms with Crippen LogP contribution in [0.25, 0.3) is 0 Å². The molecule has 2 aromatic carbocycles. The van der Waals surface area contributed by atoms with E-state index in [2.05, 4.69) is 16.3 Å². The number of piperazine rings is 2. The van der Waals surface area contributed by atoms with Crippen molar-refractivity contribution < 1.29 is 9.59 Å². The first kappa shape index (κ1) is 30.0. The molecule has 0 aromatic heterocycles.